The predicted molar refractivity (Wildman–Crippen MR) is 122 cm³/mol. The van der Waals surface area contributed by atoms with Gasteiger partial charge in [0.15, 0.2) is 0 Å². The summed E-state index contributed by atoms with van der Waals surface area (Å²) >= 11 is 0. The van der Waals surface area contributed by atoms with Crippen LogP contribution in [0.5, 0.6) is 5.75 Å². The van der Waals surface area contributed by atoms with Crippen LogP contribution in [0.15, 0.2) is 70.2 Å². The van der Waals surface area contributed by atoms with E-state index in [4.69, 9.17) is 14.1 Å². The van der Waals surface area contributed by atoms with E-state index in [1.54, 1.807) is 12.1 Å². The second kappa shape index (κ2) is 8.83. The number of pyridine rings is 1. The lowest BCUT2D eigenvalue weighted by atomic mass is 10.0. The Kier molecular flexibility index (Phi) is 5.80. The number of carbonyl (C=O) groups is 1. The van der Waals surface area contributed by atoms with Crippen LogP contribution in [0.4, 0.5) is 0 Å². The Bertz CT molecular complexity index is 1260. The van der Waals surface area contributed by atoms with Gasteiger partial charge >= 0.3 is 0 Å². The number of hydrogen-bond donors (Lipinski definition) is 1. The van der Waals surface area contributed by atoms with E-state index in [9.17, 15) is 4.79 Å². The predicted octanol–water partition coefficient (Wildman–Crippen LogP) is 5.27. The number of benzene rings is 2. The van der Waals surface area contributed by atoms with E-state index in [1.807, 2.05) is 69.3 Å². The Hall–Kier alpha value is -3.93. The molecule has 0 atom stereocenters. The van der Waals surface area contributed by atoms with Gasteiger partial charge in [0.25, 0.3) is 5.91 Å². The van der Waals surface area contributed by atoms with Crippen LogP contribution in [0, 0.1) is 13.8 Å². The highest BCUT2D eigenvalue weighted by Gasteiger charge is 2.14. The zero-order valence-electron chi connectivity index (χ0n) is 17.7. The third kappa shape index (κ3) is 4.64. The number of carbonyl (C=O) groups excluding carboxylic acids is 1. The zero-order valence-corrected chi connectivity index (χ0v) is 17.7. The zero-order chi connectivity index (χ0) is 21.8. The number of furan rings is 1. The van der Waals surface area contributed by atoms with Crippen molar-refractivity contribution in [2.24, 2.45) is 5.10 Å². The van der Waals surface area contributed by atoms with Crippen molar-refractivity contribution in [2.75, 3.05) is 6.61 Å². The third-order valence-electron chi connectivity index (χ3n) is 4.79. The molecule has 0 aliphatic heterocycles. The molecule has 4 rings (SSSR count). The smallest absolute Gasteiger partial charge is 0.272 e. The first-order valence-electron chi connectivity index (χ1n) is 10.1. The summed E-state index contributed by atoms with van der Waals surface area (Å²) in [4.78, 5) is 17.7. The topological polar surface area (TPSA) is 76.7 Å². The van der Waals surface area contributed by atoms with Gasteiger partial charge < -0.3 is 9.15 Å². The summed E-state index contributed by atoms with van der Waals surface area (Å²) in [6.07, 6.45) is 1.48. The summed E-state index contributed by atoms with van der Waals surface area (Å²) in [7, 11) is 0. The molecule has 31 heavy (non-hydrogen) atoms. The van der Waals surface area contributed by atoms with Crippen LogP contribution in [0.1, 0.15) is 34.4 Å². The number of hydrogen-bond acceptors (Lipinski definition) is 5. The minimum atomic E-state index is -0.315. The van der Waals surface area contributed by atoms with Crippen molar-refractivity contribution in [1.29, 1.82) is 0 Å². The molecule has 1 N–H and O–H groups in total. The van der Waals surface area contributed by atoms with Gasteiger partial charge in [-0.1, -0.05) is 11.6 Å². The lowest BCUT2D eigenvalue weighted by Gasteiger charge is -2.10. The van der Waals surface area contributed by atoms with Crippen LogP contribution in [-0.4, -0.2) is 23.7 Å². The molecule has 6 heteroatoms. The van der Waals surface area contributed by atoms with E-state index < -0.39 is 0 Å². The molecule has 2 heterocycles. The maximum Gasteiger partial charge on any atom is 0.272 e. The number of nitrogens with zero attached hydrogens (tertiary/aromatic N) is 2. The molecule has 0 aliphatic carbocycles. The highest BCUT2D eigenvalue weighted by molar-refractivity contribution is 6.07. The number of aryl methyl sites for hydroxylation is 2. The van der Waals surface area contributed by atoms with Gasteiger partial charge in [-0.2, -0.15) is 5.10 Å². The van der Waals surface area contributed by atoms with Gasteiger partial charge in [-0.3, -0.25) is 4.79 Å². The number of aromatic nitrogens is 1. The first-order valence-corrected chi connectivity index (χ1v) is 10.1. The monoisotopic (exact) mass is 413 g/mol. The quantitative estimate of drug-likeness (QED) is 0.345. The molecular weight excluding hydrogens is 390 g/mol. The molecule has 6 nitrogen and oxygen atoms in total. The van der Waals surface area contributed by atoms with Crippen LogP contribution >= 0.6 is 0 Å². The summed E-state index contributed by atoms with van der Waals surface area (Å²) < 4.78 is 11.0. The lowest BCUT2D eigenvalue weighted by Crippen LogP contribution is -2.18. The third-order valence-corrected chi connectivity index (χ3v) is 4.79. The number of amides is 1. The number of rotatable bonds is 6. The second-order valence-electron chi connectivity index (χ2n) is 7.18. The summed E-state index contributed by atoms with van der Waals surface area (Å²) in [5.41, 5.74) is 6.49. The molecule has 156 valence electrons. The molecule has 0 saturated carbocycles. The fourth-order valence-corrected chi connectivity index (χ4v) is 3.30. The van der Waals surface area contributed by atoms with Crippen LogP contribution in [0.2, 0.25) is 0 Å². The molecule has 2 aromatic carbocycles. The Morgan fingerprint density at radius 2 is 1.90 bits per heavy atom. The number of fused-ring (bicyclic) bond motifs is 1. The Morgan fingerprint density at radius 1 is 1.10 bits per heavy atom. The van der Waals surface area contributed by atoms with Crippen molar-refractivity contribution < 1.29 is 13.9 Å². The Morgan fingerprint density at radius 3 is 2.61 bits per heavy atom. The Balaban J connectivity index is 1.69. The minimum Gasteiger partial charge on any atom is -0.494 e. The molecule has 0 radical (unpaired) electrons. The molecule has 0 spiro atoms. The van der Waals surface area contributed by atoms with Crippen molar-refractivity contribution in [1.82, 2.24) is 10.4 Å². The van der Waals surface area contributed by atoms with Crippen LogP contribution in [0.25, 0.3) is 22.2 Å². The molecule has 0 bridgehead atoms. The number of nitrogens with one attached hydrogen (secondary N) is 1. The fourth-order valence-electron chi connectivity index (χ4n) is 3.30. The van der Waals surface area contributed by atoms with Crippen molar-refractivity contribution in [3.8, 4) is 17.0 Å². The van der Waals surface area contributed by atoms with Gasteiger partial charge in [0.05, 0.1) is 29.6 Å². The highest BCUT2D eigenvalue weighted by atomic mass is 16.5. The van der Waals surface area contributed by atoms with E-state index in [1.165, 1.54) is 6.21 Å². The normalized spacial score (nSPS) is 11.2. The summed E-state index contributed by atoms with van der Waals surface area (Å²) in [5, 5.41) is 4.81. The molecule has 0 fully saturated rings. The largest absolute Gasteiger partial charge is 0.494 e. The molecule has 2 aromatic heterocycles. The average molecular weight is 413 g/mol. The molecule has 0 unspecified atom stereocenters. The van der Waals surface area contributed by atoms with Gasteiger partial charge in [0.2, 0.25) is 0 Å². The van der Waals surface area contributed by atoms with Crippen LogP contribution in [0.3, 0.4) is 0 Å². The summed E-state index contributed by atoms with van der Waals surface area (Å²) in [6.45, 7) is 6.39. The Labute approximate surface area is 180 Å². The van der Waals surface area contributed by atoms with Crippen molar-refractivity contribution >= 4 is 23.0 Å². The van der Waals surface area contributed by atoms with Crippen LogP contribution in [-0.2, 0) is 0 Å². The number of hydrazone groups is 1. The molecule has 0 aliphatic rings. The van der Waals surface area contributed by atoms with Crippen molar-refractivity contribution in [3.05, 3.63) is 83.3 Å². The van der Waals surface area contributed by atoms with E-state index in [-0.39, 0.29) is 5.91 Å². The maximum absolute atomic E-state index is 13.0. The molecule has 1 amide bonds. The van der Waals surface area contributed by atoms with Gasteiger partial charge in [-0.15, -0.1) is 0 Å². The van der Waals surface area contributed by atoms with Gasteiger partial charge in [-0.25, -0.2) is 10.4 Å². The van der Waals surface area contributed by atoms with E-state index in [2.05, 4.69) is 10.5 Å². The highest BCUT2D eigenvalue weighted by Crippen LogP contribution is 2.27. The van der Waals surface area contributed by atoms with Gasteiger partial charge in [0.1, 0.15) is 17.3 Å². The molecular formula is C25H23N3O3. The average Bonchev–Trinajstić information content (AvgIpc) is 3.18. The van der Waals surface area contributed by atoms with E-state index >= 15 is 0 Å². The van der Waals surface area contributed by atoms with Crippen LogP contribution < -0.4 is 10.2 Å². The maximum atomic E-state index is 13.0. The molecule has 0 saturated heterocycles. The molecule has 4 aromatic rings. The van der Waals surface area contributed by atoms with E-state index in [0.29, 0.717) is 23.6 Å². The van der Waals surface area contributed by atoms with Crippen molar-refractivity contribution in [3.63, 3.8) is 0 Å². The second-order valence-corrected chi connectivity index (χ2v) is 7.18. The fraction of sp³-hybridized carbons (Fsp3) is 0.160. The first kappa shape index (κ1) is 20.3. The van der Waals surface area contributed by atoms with Gasteiger partial charge in [-0.05, 0) is 75.4 Å². The van der Waals surface area contributed by atoms with E-state index in [0.717, 1.165) is 33.5 Å². The number of ether oxygens (including phenoxy) is 1. The first-order chi connectivity index (χ1) is 15.0. The minimum absolute atomic E-state index is 0.315. The van der Waals surface area contributed by atoms with Gasteiger partial charge in [0, 0.05) is 10.9 Å². The SMILES string of the molecule is CCOc1ccc(-c2cc(C(=O)N/N=C/c3ccc(C)o3)c3cc(C)ccc3n2)cc1. The summed E-state index contributed by atoms with van der Waals surface area (Å²) in [5.74, 6) is 1.83. The van der Waals surface area contributed by atoms with Crippen molar-refractivity contribution in [2.45, 2.75) is 20.8 Å². The standard InChI is InChI=1S/C25H23N3O3/c1-4-30-19-10-7-18(8-11-19)24-14-22(21-13-16(2)5-12-23(21)27-24)25(29)28-26-15-20-9-6-17(3)31-20/h5-15H,4H2,1-3H3,(H,28,29)/b26-15+. The summed E-state index contributed by atoms with van der Waals surface area (Å²) in [6, 6.07) is 19.0. The lowest BCUT2D eigenvalue weighted by molar-refractivity contribution is 0.0956.